The van der Waals surface area contributed by atoms with Crippen LogP contribution in [0, 0.1) is 10.8 Å². The van der Waals surface area contributed by atoms with E-state index in [9.17, 15) is 13.0 Å². The van der Waals surface area contributed by atoms with Crippen molar-refractivity contribution in [1.29, 1.82) is 0 Å². The second-order valence-electron chi connectivity index (χ2n) is 6.11. The molecule has 1 atom stereocenters. The van der Waals surface area contributed by atoms with Crippen molar-refractivity contribution in [2.75, 3.05) is 0 Å². The van der Waals surface area contributed by atoms with Crippen LogP contribution in [0.15, 0.2) is 0 Å². The van der Waals surface area contributed by atoms with E-state index in [-0.39, 0.29) is 10.8 Å². The monoisotopic (exact) mass is 236 g/mol. The van der Waals surface area contributed by atoms with Crippen LogP contribution >= 0.6 is 0 Å². The first-order chi connectivity index (χ1) is 6.40. The summed E-state index contributed by atoms with van der Waals surface area (Å²) in [6.07, 6.45) is 1.21. The fourth-order valence-electron chi connectivity index (χ4n) is 1.57. The Labute approximate surface area is 94.0 Å². The second-order valence-corrected chi connectivity index (χ2v) is 7.71. The van der Waals surface area contributed by atoms with Gasteiger partial charge in [-0.2, -0.15) is 8.42 Å². The molecule has 0 aromatic heterocycles. The van der Waals surface area contributed by atoms with Gasteiger partial charge in [-0.3, -0.25) is 4.55 Å². The number of hydrogen-bond acceptors (Lipinski definition) is 2. The summed E-state index contributed by atoms with van der Waals surface area (Å²) in [5.41, 5.74) is -0.492. The average Bonchev–Trinajstić information content (AvgIpc) is 1.96. The molecule has 0 aliphatic heterocycles. The molecule has 0 saturated heterocycles. The molecule has 15 heavy (non-hydrogen) atoms. The highest BCUT2D eigenvalue weighted by Crippen LogP contribution is 2.37. The van der Waals surface area contributed by atoms with Crippen molar-refractivity contribution in [1.82, 2.24) is 0 Å². The second kappa shape index (κ2) is 4.42. The fourth-order valence-corrected chi connectivity index (χ4v) is 3.25. The van der Waals surface area contributed by atoms with Gasteiger partial charge in [-0.15, -0.1) is 0 Å². The molecule has 0 spiro atoms. The molecule has 0 aliphatic carbocycles. The summed E-state index contributed by atoms with van der Waals surface area (Å²) in [5.74, 6) is 0. The van der Waals surface area contributed by atoms with E-state index in [1.165, 1.54) is 0 Å². The first kappa shape index (κ1) is 14.9. The van der Waals surface area contributed by atoms with E-state index >= 15 is 0 Å². The van der Waals surface area contributed by atoms with Crippen LogP contribution in [0.1, 0.15) is 54.4 Å². The standard InChI is InChI=1S/C11H24O3S/c1-7-11(5,6)9(15(12,13)14)8-10(2,3)4/h9H,7-8H2,1-6H3,(H,12,13,14). The Morgan fingerprint density at radius 2 is 1.53 bits per heavy atom. The zero-order valence-corrected chi connectivity index (χ0v) is 11.5. The Morgan fingerprint density at radius 1 is 1.13 bits per heavy atom. The van der Waals surface area contributed by atoms with Gasteiger partial charge in [0.15, 0.2) is 0 Å². The molecule has 1 unspecified atom stereocenters. The van der Waals surface area contributed by atoms with Crippen LogP contribution in [0.2, 0.25) is 0 Å². The van der Waals surface area contributed by atoms with Crippen molar-refractivity contribution in [2.45, 2.75) is 59.6 Å². The predicted octanol–water partition coefficient (Wildman–Crippen LogP) is 3.12. The minimum atomic E-state index is -3.97. The van der Waals surface area contributed by atoms with Crippen LogP contribution < -0.4 is 0 Å². The van der Waals surface area contributed by atoms with E-state index in [2.05, 4.69) is 0 Å². The molecule has 0 fully saturated rings. The summed E-state index contributed by atoms with van der Waals surface area (Å²) in [5, 5.41) is -0.685. The number of rotatable bonds is 4. The third kappa shape index (κ3) is 4.98. The Morgan fingerprint density at radius 3 is 1.73 bits per heavy atom. The first-order valence-electron chi connectivity index (χ1n) is 5.36. The quantitative estimate of drug-likeness (QED) is 0.763. The van der Waals surface area contributed by atoms with E-state index < -0.39 is 15.4 Å². The maximum atomic E-state index is 11.4. The predicted molar refractivity (Wildman–Crippen MR) is 63.5 cm³/mol. The molecule has 4 heteroatoms. The van der Waals surface area contributed by atoms with Crippen molar-refractivity contribution >= 4 is 10.1 Å². The van der Waals surface area contributed by atoms with E-state index in [0.717, 1.165) is 6.42 Å². The van der Waals surface area contributed by atoms with Gasteiger partial charge < -0.3 is 0 Å². The van der Waals surface area contributed by atoms with E-state index in [4.69, 9.17) is 0 Å². The van der Waals surface area contributed by atoms with Crippen LogP contribution in [0.5, 0.6) is 0 Å². The van der Waals surface area contributed by atoms with Crippen molar-refractivity contribution in [3.63, 3.8) is 0 Å². The molecule has 0 radical (unpaired) electrons. The molecule has 1 N–H and O–H groups in total. The molecule has 0 rings (SSSR count). The lowest BCUT2D eigenvalue weighted by atomic mass is 9.78. The van der Waals surface area contributed by atoms with Gasteiger partial charge in [0.25, 0.3) is 10.1 Å². The maximum Gasteiger partial charge on any atom is 0.268 e. The van der Waals surface area contributed by atoms with Gasteiger partial charge in [-0.1, -0.05) is 41.5 Å². The zero-order chi connectivity index (χ0) is 12.5. The largest absolute Gasteiger partial charge is 0.285 e. The first-order valence-corrected chi connectivity index (χ1v) is 6.87. The summed E-state index contributed by atoms with van der Waals surface area (Å²) in [4.78, 5) is 0. The van der Waals surface area contributed by atoms with Crippen LogP contribution in [0.25, 0.3) is 0 Å². The van der Waals surface area contributed by atoms with Gasteiger partial charge in [0.1, 0.15) is 0 Å². The maximum absolute atomic E-state index is 11.4. The van der Waals surface area contributed by atoms with Crippen LogP contribution in [0.4, 0.5) is 0 Å². The lowest BCUT2D eigenvalue weighted by Crippen LogP contribution is -2.38. The molecule has 0 amide bonds. The smallest absolute Gasteiger partial charge is 0.268 e. The van der Waals surface area contributed by atoms with E-state index in [1.807, 2.05) is 41.5 Å². The third-order valence-electron chi connectivity index (χ3n) is 2.94. The average molecular weight is 236 g/mol. The number of hydrogen-bond donors (Lipinski definition) is 1. The van der Waals surface area contributed by atoms with Crippen LogP contribution in [0.3, 0.4) is 0 Å². The summed E-state index contributed by atoms with van der Waals surface area (Å²) < 4.78 is 32.0. The third-order valence-corrected chi connectivity index (χ3v) is 4.46. The molecule has 0 aromatic rings. The summed E-state index contributed by atoms with van der Waals surface area (Å²) in [7, 11) is -3.97. The van der Waals surface area contributed by atoms with Gasteiger partial charge >= 0.3 is 0 Å². The van der Waals surface area contributed by atoms with Crippen LogP contribution in [-0.2, 0) is 10.1 Å². The summed E-state index contributed by atoms with van der Waals surface area (Å²) in [6.45, 7) is 11.7. The fraction of sp³-hybridized carbons (Fsp3) is 1.00. The molecule has 0 bridgehead atoms. The molecular weight excluding hydrogens is 212 g/mol. The minimum absolute atomic E-state index is 0.104. The molecule has 0 aliphatic rings. The van der Waals surface area contributed by atoms with E-state index in [1.54, 1.807) is 0 Å². The molecule has 92 valence electrons. The molecular formula is C11H24O3S. The van der Waals surface area contributed by atoms with Gasteiger partial charge in [0.2, 0.25) is 0 Å². The summed E-state index contributed by atoms with van der Waals surface area (Å²) in [6, 6.07) is 0. The highest BCUT2D eigenvalue weighted by atomic mass is 32.2. The van der Waals surface area contributed by atoms with Crippen LogP contribution in [-0.4, -0.2) is 18.2 Å². The van der Waals surface area contributed by atoms with Gasteiger partial charge in [0.05, 0.1) is 5.25 Å². The Kier molecular flexibility index (Phi) is 4.39. The van der Waals surface area contributed by atoms with Gasteiger partial charge in [-0.05, 0) is 23.7 Å². The van der Waals surface area contributed by atoms with Gasteiger partial charge in [0, 0.05) is 0 Å². The Balaban J connectivity index is 5.11. The highest BCUT2D eigenvalue weighted by molar-refractivity contribution is 7.86. The zero-order valence-electron chi connectivity index (χ0n) is 10.7. The normalized spacial score (nSPS) is 16.5. The SMILES string of the molecule is CCC(C)(C)C(CC(C)(C)C)S(=O)(=O)O. The minimum Gasteiger partial charge on any atom is -0.285 e. The van der Waals surface area contributed by atoms with Crippen molar-refractivity contribution in [3.05, 3.63) is 0 Å². The lowest BCUT2D eigenvalue weighted by Gasteiger charge is -2.35. The topological polar surface area (TPSA) is 54.4 Å². The molecule has 0 saturated carbocycles. The van der Waals surface area contributed by atoms with Crippen molar-refractivity contribution in [3.8, 4) is 0 Å². The summed E-state index contributed by atoms with van der Waals surface area (Å²) >= 11 is 0. The van der Waals surface area contributed by atoms with Gasteiger partial charge in [-0.25, -0.2) is 0 Å². The Bertz CT molecular complexity index is 296. The Hall–Kier alpha value is -0.0900. The molecule has 0 heterocycles. The lowest BCUT2D eigenvalue weighted by molar-refractivity contribution is 0.240. The molecule has 3 nitrogen and oxygen atoms in total. The molecule has 0 aromatic carbocycles. The van der Waals surface area contributed by atoms with Crippen molar-refractivity contribution in [2.24, 2.45) is 10.8 Å². The van der Waals surface area contributed by atoms with E-state index in [0.29, 0.717) is 6.42 Å². The van der Waals surface area contributed by atoms with Crippen molar-refractivity contribution < 1.29 is 13.0 Å². The highest BCUT2D eigenvalue weighted by Gasteiger charge is 2.39.